The highest BCUT2D eigenvalue weighted by molar-refractivity contribution is 5.99. The minimum Gasteiger partial charge on any atom is -0.368 e. The molecule has 0 aromatic heterocycles. The fourth-order valence-corrected chi connectivity index (χ4v) is 2.04. The van der Waals surface area contributed by atoms with Crippen molar-refractivity contribution in [2.24, 2.45) is 10.5 Å². The van der Waals surface area contributed by atoms with Crippen LogP contribution in [0.2, 0.25) is 0 Å². The number of nitrogens with zero attached hydrogens (tertiary/aromatic N) is 2. The van der Waals surface area contributed by atoms with Crippen LogP contribution in [-0.2, 0) is 0 Å². The van der Waals surface area contributed by atoms with Crippen LogP contribution in [0.25, 0.3) is 0 Å². The van der Waals surface area contributed by atoms with Gasteiger partial charge in [0.2, 0.25) is 0 Å². The van der Waals surface area contributed by atoms with Crippen molar-refractivity contribution in [1.29, 1.82) is 0 Å². The Hall–Kier alpha value is -1.68. The average molecular weight is 260 g/mol. The van der Waals surface area contributed by atoms with Crippen LogP contribution in [0.5, 0.6) is 0 Å². The Labute approximate surface area is 113 Å². The Morgan fingerprint density at radius 3 is 2.11 bits per heavy atom. The summed E-state index contributed by atoms with van der Waals surface area (Å²) in [6, 6.07) is 7.26. The molecule has 0 fully saturated rings. The molecule has 2 rings (SSSR count). The number of hydrogen-bond donors (Lipinski definition) is 1. The third kappa shape index (κ3) is 1.96. The molecule has 1 atom stereocenters. The van der Waals surface area contributed by atoms with Crippen LogP contribution in [0.1, 0.15) is 43.6 Å². The van der Waals surface area contributed by atoms with Crippen LogP contribution in [0.15, 0.2) is 29.4 Å². The van der Waals surface area contributed by atoms with Gasteiger partial charge < -0.3 is 5.11 Å². The van der Waals surface area contributed by atoms with Crippen molar-refractivity contribution in [3.63, 3.8) is 0 Å². The zero-order chi connectivity index (χ0) is 14.4. The lowest BCUT2D eigenvalue weighted by atomic mass is 9.79. The number of rotatable bonds is 1. The van der Waals surface area contributed by atoms with E-state index in [2.05, 4.69) is 5.10 Å². The van der Waals surface area contributed by atoms with E-state index in [1.165, 1.54) is 5.01 Å². The first-order valence-electron chi connectivity index (χ1n) is 6.37. The molecule has 1 aromatic rings. The molecule has 0 bridgehead atoms. The van der Waals surface area contributed by atoms with Crippen LogP contribution < -0.4 is 0 Å². The van der Waals surface area contributed by atoms with Gasteiger partial charge in [0, 0.05) is 11.3 Å². The maximum atomic E-state index is 12.5. The van der Waals surface area contributed by atoms with E-state index < -0.39 is 11.1 Å². The molecule has 0 aliphatic carbocycles. The van der Waals surface area contributed by atoms with E-state index in [-0.39, 0.29) is 5.91 Å². The van der Waals surface area contributed by atoms with E-state index in [0.717, 1.165) is 11.3 Å². The number of benzene rings is 1. The minimum absolute atomic E-state index is 0.282. The van der Waals surface area contributed by atoms with Gasteiger partial charge in [0.25, 0.3) is 5.91 Å². The molecule has 19 heavy (non-hydrogen) atoms. The highest BCUT2D eigenvalue weighted by Gasteiger charge is 2.53. The second-order valence-corrected chi connectivity index (χ2v) is 5.81. The molecule has 1 N–H and O–H groups in total. The summed E-state index contributed by atoms with van der Waals surface area (Å²) in [4.78, 5) is 12.5. The predicted octanol–water partition coefficient (Wildman–Crippen LogP) is 2.56. The summed E-state index contributed by atoms with van der Waals surface area (Å²) in [6.07, 6.45) is 0. The van der Waals surface area contributed by atoms with Crippen molar-refractivity contribution < 1.29 is 9.90 Å². The van der Waals surface area contributed by atoms with Gasteiger partial charge in [0.05, 0.1) is 5.41 Å². The van der Waals surface area contributed by atoms with E-state index in [0.29, 0.717) is 5.56 Å². The number of hydrazone groups is 1. The van der Waals surface area contributed by atoms with E-state index in [9.17, 15) is 9.90 Å². The topological polar surface area (TPSA) is 52.9 Å². The van der Waals surface area contributed by atoms with Gasteiger partial charge in [-0.1, -0.05) is 17.7 Å². The van der Waals surface area contributed by atoms with E-state index in [4.69, 9.17) is 0 Å². The van der Waals surface area contributed by atoms with Gasteiger partial charge in [0.15, 0.2) is 5.72 Å². The number of carbonyl (C=O) groups excluding carboxylic acids is 1. The van der Waals surface area contributed by atoms with Crippen LogP contribution in [0.4, 0.5) is 0 Å². The third-order valence-electron chi connectivity index (χ3n) is 4.24. The Balaban J connectivity index is 2.38. The highest BCUT2D eigenvalue weighted by Crippen LogP contribution is 2.41. The van der Waals surface area contributed by atoms with Crippen molar-refractivity contribution in [3.8, 4) is 0 Å². The first kappa shape index (κ1) is 13.7. The van der Waals surface area contributed by atoms with E-state index in [1.54, 1.807) is 19.1 Å². The first-order chi connectivity index (χ1) is 8.68. The third-order valence-corrected chi connectivity index (χ3v) is 4.24. The monoisotopic (exact) mass is 260 g/mol. The molecule has 1 aliphatic heterocycles. The minimum atomic E-state index is -1.32. The second kappa shape index (κ2) is 4.17. The van der Waals surface area contributed by atoms with Crippen molar-refractivity contribution in [3.05, 3.63) is 35.4 Å². The number of hydrogen-bond acceptors (Lipinski definition) is 3. The molecule has 0 radical (unpaired) electrons. The zero-order valence-electron chi connectivity index (χ0n) is 12.1. The lowest BCUT2D eigenvalue weighted by Gasteiger charge is -2.37. The van der Waals surface area contributed by atoms with Crippen molar-refractivity contribution in [2.45, 2.75) is 40.3 Å². The van der Waals surface area contributed by atoms with Crippen molar-refractivity contribution in [1.82, 2.24) is 5.01 Å². The van der Waals surface area contributed by atoms with Gasteiger partial charge >= 0.3 is 0 Å². The van der Waals surface area contributed by atoms with Gasteiger partial charge in [-0.3, -0.25) is 4.79 Å². The lowest BCUT2D eigenvalue weighted by molar-refractivity contribution is -0.110. The normalized spacial score (nSPS) is 25.4. The Kier molecular flexibility index (Phi) is 3.01. The molecule has 1 aliphatic rings. The van der Waals surface area contributed by atoms with Gasteiger partial charge in [-0.2, -0.15) is 10.1 Å². The summed E-state index contributed by atoms with van der Waals surface area (Å²) in [5.74, 6) is -0.282. The molecule has 102 valence electrons. The Morgan fingerprint density at radius 2 is 1.68 bits per heavy atom. The molecule has 0 saturated carbocycles. The van der Waals surface area contributed by atoms with Crippen molar-refractivity contribution in [2.75, 3.05) is 0 Å². The van der Waals surface area contributed by atoms with Gasteiger partial charge in [-0.05, 0) is 46.8 Å². The standard InChI is InChI=1S/C15H20N2O2/c1-10-6-8-12(9-7-10)13(18)17-15(5,19)14(3,4)11(2)16-17/h6-9,19H,1-5H3. The summed E-state index contributed by atoms with van der Waals surface area (Å²) in [7, 11) is 0. The number of aliphatic hydroxyl groups is 1. The first-order valence-corrected chi connectivity index (χ1v) is 6.37. The maximum Gasteiger partial charge on any atom is 0.276 e. The average Bonchev–Trinajstić information content (AvgIpc) is 2.49. The molecular weight excluding hydrogens is 240 g/mol. The van der Waals surface area contributed by atoms with E-state index >= 15 is 0 Å². The fourth-order valence-electron chi connectivity index (χ4n) is 2.04. The SMILES string of the molecule is CC1=NN(C(=O)c2ccc(C)cc2)C(C)(O)C1(C)C. The van der Waals surface area contributed by atoms with Crippen LogP contribution >= 0.6 is 0 Å². The summed E-state index contributed by atoms with van der Waals surface area (Å²) >= 11 is 0. The molecule has 1 unspecified atom stereocenters. The molecule has 0 saturated heterocycles. The Morgan fingerprint density at radius 1 is 1.16 bits per heavy atom. The molecule has 4 nitrogen and oxygen atoms in total. The Bertz CT molecular complexity index is 542. The van der Waals surface area contributed by atoms with E-state index in [1.807, 2.05) is 39.8 Å². The highest BCUT2D eigenvalue weighted by atomic mass is 16.3. The molecule has 4 heteroatoms. The largest absolute Gasteiger partial charge is 0.368 e. The van der Waals surface area contributed by atoms with Gasteiger partial charge in [0.1, 0.15) is 0 Å². The summed E-state index contributed by atoms with van der Waals surface area (Å²) in [6.45, 7) is 9.18. The van der Waals surface area contributed by atoms with Crippen LogP contribution in [0.3, 0.4) is 0 Å². The summed E-state index contributed by atoms with van der Waals surface area (Å²) in [5, 5.41) is 16.1. The van der Waals surface area contributed by atoms with Crippen molar-refractivity contribution >= 4 is 11.6 Å². The lowest BCUT2D eigenvalue weighted by Crippen LogP contribution is -2.53. The number of amides is 1. The molecule has 1 aromatic carbocycles. The predicted molar refractivity (Wildman–Crippen MR) is 74.9 cm³/mol. The fraction of sp³-hybridized carbons (Fsp3) is 0.467. The van der Waals surface area contributed by atoms with Crippen LogP contribution in [0, 0.1) is 12.3 Å². The molecule has 1 amide bonds. The molecular formula is C15H20N2O2. The number of carbonyl (C=O) groups is 1. The quantitative estimate of drug-likeness (QED) is 0.843. The summed E-state index contributed by atoms with van der Waals surface area (Å²) in [5.41, 5.74) is 0.481. The zero-order valence-corrected chi connectivity index (χ0v) is 12.1. The molecule has 1 heterocycles. The smallest absolute Gasteiger partial charge is 0.276 e. The molecule has 0 spiro atoms. The summed E-state index contributed by atoms with van der Waals surface area (Å²) < 4.78 is 0. The van der Waals surface area contributed by atoms with Gasteiger partial charge in [-0.15, -0.1) is 0 Å². The number of aryl methyl sites for hydroxylation is 1. The van der Waals surface area contributed by atoms with Crippen LogP contribution in [-0.4, -0.2) is 27.5 Å². The maximum absolute atomic E-state index is 12.5. The van der Waals surface area contributed by atoms with Gasteiger partial charge in [-0.25, -0.2) is 0 Å². The second-order valence-electron chi connectivity index (χ2n) is 5.81.